The minimum absolute atomic E-state index is 0.0396. The lowest BCUT2D eigenvalue weighted by Gasteiger charge is -2.20. The van der Waals surface area contributed by atoms with Crippen molar-refractivity contribution in [2.24, 2.45) is 0 Å². The number of aromatic nitrogens is 2. The minimum Gasteiger partial charge on any atom is -0.445 e. The highest BCUT2D eigenvalue weighted by molar-refractivity contribution is 5.67. The van der Waals surface area contributed by atoms with E-state index in [-0.39, 0.29) is 18.7 Å². The van der Waals surface area contributed by atoms with Crippen LogP contribution >= 0.6 is 0 Å². The number of rotatable bonds is 5. The van der Waals surface area contributed by atoms with E-state index in [1.165, 1.54) is 4.90 Å². The van der Waals surface area contributed by atoms with Gasteiger partial charge in [-0.3, -0.25) is 4.68 Å². The van der Waals surface area contributed by atoms with Crippen molar-refractivity contribution in [3.05, 3.63) is 52.3 Å². The highest BCUT2D eigenvalue weighted by Crippen LogP contribution is 2.36. The number of ether oxygens (including phenoxy) is 1. The maximum atomic E-state index is 13.0. The number of benzene rings is 1. The number of nitrogens with one attached hydrogen (secondary N) is 1. The van der Waals surface area contributed by atoms with Gasteiger partial charge in [-0.25, -0.2) is 4.79 Å². The van der Waals surface area contributed by atoms with Gasteiger partial charge in [0, 0.05) is 25.2 Å². The van der Waals surface area contributed by atoms with Gasteiger partial charge in [-0.15, -0.1) is 0 Å². The Morgan fingerprint density at radius 2 is 1.74 bits per heavy atom. The number of hydrogen-bond donors (Lipinski definition) is 1. The smallest absolute Gasteiger partial charge is 0.416 e. The molecule has 1 N–H and O–H groups in total. The van der Waals surface area contributed by atoms with E-state index in [2.05, 4.69) is 10.4 Å². The summed E-state index contributed by atoms with van der Waals surface area (Å²) in [5.74, 6) is 0. The molecule has 1 aromatic carbocycles. The quantitative estimate of drug-likeness (QED) is 0.580. The summed E-state index contributed by atoms with van der Waals surface area (Å²) in [6.45, 7) is 2.38. The van der Waals surface area contributed by atoms with Gasteiger partial charge in [0.15, 0.2) is 0 Å². The lowest BCUT2D eigenvalue weighted by Crippen LogP contribution is -2.31. The molecule has 0 saturated heterocycles. The first-order valence-electron chi connectivity index (χ1n) is 10.9. The second-order valence-corrected chi connectivity index (χ2v) is 8.69. The summed E-state index contributed by atoms with van der Waals surface area (Å²) in [7, 11) is 0. The van der Waals surface area contributed by atoms with Gasteiger partial charge in [0.05, 0.1) is 29.1 Å². The Hall–Kier alpha value is -2.76. The lowest BCUT2D eigenvalue weighted by molar-refractivity contribution is -0.143. The predicted octanol–water partition coefficient (Wildman–Crippen LogP) is 5.28. The van der Waals surface area contributed by atoms with Crippen molar-refractivity contribution in [2.75, 3.05) is 6.54 Å². The summed E-state index contributed by atoms with van der Waals surface area (Å²) in [4.78, 5) is 14.0. The number of nitrogens with zero attached hydrogens (tertiary/aromatic N) is 3. The third kappa shape index (κ3) is 5.83. The van der Waals surface area contributed by atoms with Gasteiger partial charge < -0.3 is 15.0 Å². The molecule has 6 nitrogen and oxygen atoms in total. The molecule has 1 aliphatic carbocycles. The first-order chi connectivity index (χ1) is 15.9. The number of alkyl halides is 6. The monoisotopic (exact) mass is 490 g/mol. The standard InChI is InChI=1S/C22H24F6N4O2/c1-13(29-17-3-4-17)19-10-18-11-31(5-2-6-32(18)30-19)20(33)34-12-14-7-15(21(23,24)25)9-16(8-14)22(26,27)28/h7-10,13,17,29H,2-6,11-12H2,1H3. The van der Waals surface area contributed by atoms with Gasteiger partial charge in [0.2, 0.25) is 0 Å². The summed E-state index contributed by atoms with van der Waals surface area (Å²) in [5.41, 5.74) is -1.66. The normalized spacial score (nSPS) is 17.8. The van der Waals surface area contributed by atoms with Gasteiger partial charge in [-0.05, 0) is 56.0 Å². The van der Waals surface area contributed by atoms with E-state index < -0.39 is 41.7 Å². The van der Waals surface area contributed by atoms with Crippen LogP contribution in [0.2, 0.25) is 0 Å². The molecule has 1 saturated carbocycles. The molecule has 0 spiro atoms. The fourth-order valence-corrected chi connectivity index (χ4v) is 3.88. The fraction of sp³-hybridized carbons (Fsp3) is 0.545. The third-order valence-electron chi connectivity index (χ3n) is 5.81. The molecule has 1 aromatic heterocycles. The van der Waals surface area contributed by atoms with Crippen molar-refractivity contribution < 1.29 is 35.9 Å². The molecule has 2 heterocycles. The second kappa shape index (κ2) is 9.12. The summed E-state index contributed by atoms with van der Waals surface area (Å²) in [6, 6.07) is 3.60. The Kier molecular flexibility index (Phi) is 6.54. The van der Waals surface area contributed by atoms with Crippen molar-refractivity contribution >= 4 is 6.09 Å². The van der Waals surface area contributed by atoms with Gasteiger partial charge in [0.25, 0.3) is 0 Å². The van der Waals surface area contributed by atoms with Crippen LogP contribution in [0.1, 0.15) is 60.3 Å². The van der Waals surface area contributed by atoms with Crippen LogP contribution in [0, 0.1) is 0 Å². The van der Waals surface area contributed by atoms with Crippen molar-refractivity contribution in [3.8, 4) is 0 Å². The van der Waals surface area contributed by atoms with Gasteiger partial charge in [0.1, 0.15) is 6.61 Å². The Balaban J connectivity index is 1.43. The van der Waals surface area contributed by atoms with Crippen LogP contribution in [0.5, 0.6) is 0 Å². The van der Waals surface area contributed by atoms with Crippen LogP contribution < -0.4 is 5.32 Å². The first-order valence-corrected chi connectivity index (χ1v) is 10.9. The van der Waals surface area contributed by atoms with Crippen LogP contribution in [0.3, 0.4) is 0 Å². The van der Waals surface area contributed by atoms with Gasteiger partial charge in [-0.1, -0.05) is 0 Å². The van der Waals surface area contributed by atoms with E-state index in [1.807, 2.05) is 17.7 Å². The number of fused-ring (bicyclic) bond motifs is 1. The highest BCUT2D eigenvalue weighted by atomic mass is 19.4. The van der Waals surface area contributed by atoms with Gasteiger partial charge in [-0.2, -0.15) is 31.4 Å². The Bertz CT molecular complexity index is 1010. The van der Waals surface area contributed by atoms with E-state index in [4.69, 9.17) is 4.74 Å². The van der Waals surface area contributed by atoms with E-state index in [0.717, 1.165) is 24.2 Å². The summed E-state index contributed by atoms with van der Waals surface area (Å²) < 4.78 is 85.2. The molecule has 2 aliphatic rings. The maximum absolute atomic E-state index is 13.0. The number of halogens is 6. The van der Waals surface area contributed by atoms with Gasteiger partial charge >= 0.3 is 18.4 Å². The molecule has 1 atom stereocenters. The topological polar surface area (TPSA) is 59.4 Å². The fourth-order valence-electron chi connectivity index (χ4n) is 3.88. The van der Waals surface area contributed by atoms with Crippen LogP contribution in [0.25, 0.3) is 0 Å². The molecule has 0 radical (unpaired) electrons. The Labute approximate surface area is 191 Å². The molecule has 1 unspecified atom stereocenters. The Morgan fingerprint density at radius 1 is 1.09 bits per heavy atom. The molecule has 186 valence electrons. The summed E-state index contributed by atoms with van der Waals surface area (Å²) in [5, 5.41) is 8.06. The Morgan fingerprint density at radius 3 is 2.32 bits per heavy atom. The maximum Gasteiger partial charge on any atom is 0.416 e. The van der Waals surface area contributed by atoms with E-state index >= 15 is 0 Å². The molecule has 4 rings (SSSR count). The first kappa shape index (κ1) is 24.4. The average Bonchev–Trinajstić information content (AvgIpc) is 3.51. The third-order valence-corrected chi connectivity index (χ3v) is 5.81. The number of aryl methyl sites for hydroxylation is 1. The van der Waals surface area contributed by atoms with E-state index in [9.17, 15) is 31.1 Å². The molecule has 34 heavy (non-hydrogen) atoms. The average molecular weight is 490 g/mol. The van der Waals surface area contributed by atoms with Crippen LogP contribution in [0.4, 0.5) is 31.1 Å². The second-order valence-electron chi connectivity index (χ2n) is 8.69. The minimum atomic E-state index is -4.97. The predicted molar refractivity (Wildman–Crippen MR) is 108 cm³/mol. The zero-order chi connectivity index (χ0) is 24.7. The molecule has 1 amide bonds. The molecule has 1 aliphatic heterocycles. The van der Waals surface area contributed by atoms with Crippen LogP contribution in [-0.4, -0.2) is 33.4 Å². The van der Waals surface area contributed by atoms with Crippen molar-refractivity contribution in [2.45, 2.75) is 70.3 Å². The zero-order valence-corrected chi connectivity index (χ0v) is 18.3. The molecular formula is C22H24F6N4O2. The van der Waals surface area contributed by atoms with Crippen molar-refractivity contribution in [3.63, 3.8) is 0 Å². The number of carbonyl (C=O) groups excluding carboxylic acids is 1. The summed E-state index contributed by atoms with van der Waals surface area (Å²) >= 11 is 0. The molecule has 0 bridgehead atoms. The zero-order valence-electron chi connectivity index (χ0n) is 18.3. The van der Waals surface area contributed by atoms with Crippen LogP contribution in [-0.2, 0) is 36.8 Å². The van der Waals surface area contributed by atoms with E-state index in [0.29, 0.717) is 37.7 Å². The van der Waals surface area contributed by atoms with E-state index in [1.54, 1.807) is 0 Å². The molecule has 1 fully saturated rings. The summed E-state index contributed by atoms with van der Waals surface area (Å²) in [6.07, 6.45) is -7.90. The number of hydrogen-bond acceptors (Lipinski definition) is 4. The SMILES string of the molecule is CC(NC1CC1)c1cc2n(n1)CCCN(C(=O)OCc1cc(C(F)(F)F)cc(C(F)(F)F)c1)C2. The van der Waals surface area contributed by atoms with Crippen molar-refractivity contribution in [1.82, 2.24) is 20.0 Å². The molecular weight excluding hydrogens is 466 g/mol. The number of carbonyl (C=O) groups is 1. The highest BCUT2D eigenvalue weighted by Gasteiger charge is 2.37. The molecule has 12 heteroatoms. The lowest BCUT2D eigenvalue weighted by atomic mass is 10.1. The number of amides is 1. The van der Waals surface area contributed by atoms with Crippen molar-refractivity contribution in [1.29, 1.82) is 0 Å². The molecule has 2 aromatic rings. The van der Waals surface area contributed by atoms with Crippen LogP contribution in [0.15, 0.2) is 24.3 Å². The largest absolute Gasteiger partial charge is 0.445 e.